The third-order valence-electron chi connectivity index (χ3n) is 1.79. The smallest absolute Gasteiger partial charge is 0.0456 e. The normalized spacial score (nSPS) is 14.1. The third kappa shape index (κ3) is 6.09. The van der Waals surface area contributed by atoms with E-state index >= 15 is 0 Å². The van der Waals surface area contributed by atoms with Crippen molar-refractivity contribution in [3.8, 4) is 0 Å². The van der Waals surface area contributed by atoms with Crippen molar-refractivity contribution in [2.45, 2.75) is 40.0 Å². The molecule has 0 aromatic heterocycles. The Morgan fingerprint density at radius 2 is 1.70 bits per heavy atom. The molecule has 0 amide bonds. The molecule has 0 bridgehead atoms. The first-order valence-corrected chi connectivity index (χ1v) is 4.27. The van der Waals surface area contributed by atoms with Crippen molar-refractivity contribution in [1.82, 2.24) is 0 Å². The van der Waals surface area contributed by atoms with Gasteiger partial charge in [-0.3, -0.25) is 0 Å². The zero-order chi connectivity index (χ0) is 7.98. The van der Waals surface area contributed by atoms with Gasteiger partial charge in [0.05, 0.1) is 0 Å². The summed E-state index contributed by atoms with van der Waals surface area (Å²) in [5.74, 6) is 1.31. The molecular formula is C9H20O. The van der Waals surface area contributed by atoms with E-state index in [1.165, 1.54) is 19.3 Å². The Morgan fingerprint density at radius 1 is 1.10 bits per heavy atom. The van der Waals surface area contributed by atoms with Crippen LogP contribution in [-0.2, 0) is 0 Å². The SMILES string of the molecule is CC(C)CCC[C@H](C)CO. The van der Waals surface area contributed by atoms with E-state index in [0.29, 0.717) is 12.5 Å². The summed E-state index contributed by atoms with van der Waals surface area (Å²) in [6.07, 6.45) is 3.73. The van der Waals surface area contributed by atoms with E-state index in [2.05, 4.69) is 20.8 Å². The molecule has 0 saturated heterocycles. The molecule has 0 fully saturated rings. The second-order valence-electron chi connectivity index (χ2n) is 3.61. The van der Waals surface area contributed by atoms with Crippen LogP contribution in [0.2, 0.25) is 0 Å². The Kier molecular flexibility index (Phi) is 5.70. The average Bonchev–Trinajstić information content (AvgIpc) is 1.87. The Morgan fingerprint density at radius 3 is 2.10 bits per heavy atom. The predicted octanol–water partition coefficient (Wildman–Crippen LogP) is 2.44. The van der Waals surface area contributed by atoms with Gasteiger partial charge in [-0.2, -0.15) is 0 Å². The lowest BCUT2D eigenvalue weighted by molar-refractivity contribution is 0.226. The van der Waals surface area contributed by atoms with Crippen LogP contribution in [0.1, 0.15) is 40.0 Å². The highest BCUT2D eigenvalue weighted by molar-refractivity contribution is 4.52. The zero-order valence-electron chi connectivity index (χ0n) is 7.43. The fraction of sp³-hybridized carbons (Fsp3) is 1.00. The van der Waals surface area contributed by atoms with Gasteiger partial charge in [-0.25, -0.2) is 0 Å². The van der Waals surface area contributed by atoms with Crippen LogP contribution in [0, 0.1) is 11.8 Å². The van der Waals surface area contributed by atoms with E-state index in [1.807, 2.05) is 0 Å². The largest absolute Gasteiger partial charge is 0.396 e. The van der Waals surface area contributed by atoms with E-state index in [-0.39, 0.29) is 0 Å². The molecule has 0 aliphatic heterocycles. The number of aliphatic hydroxyl groups is 1. The molecule has 0 aromatic rings. The number of hydrogen-bond donors (Lipinski definition) is 1. The van der Waals surface area contributed by atoms with Gasteiger partial charge in [0.2, 0.25) is 0 Å². The molecule has 0 saturated carbocycles. The maximum atomic E-state index is 8.70. The van der Waals surface area contributed by atoms with Gasteiger partial charge in [0, 0.05) is 6.61 Å². The molecule has 1 nitrogen and oxygen atoms in total. The molecule has 0 rings (SSSR count). The number of rotatable bonds is 5. The molecule has 0 spiro atoms. The Balaban J connectivity index is 3.03. The summed E-state index contributed by atoms with van der Waals surface area (Å²) in [7, 11) is 0. The maximum absolute atomic E-state index is 8.70. The van der Waals surface area contributed by atoms with Crippen molar-refractivity contribution < 1.29 is 5.11 Å². The van der Waals surface area contributed by atoms with Crippen molar-refractivity contribution in [2.24, 2.45) is 11.8 Å². The van der Waals surface area contributed by atoms with Crippen molar-refractivity contribution in [1.29, 1.82) is 0 Å². The van der Waals surface area contributed by atoms with Crippen LogP contribution in [0.15, 0.2) is 0 Å². The first-order chi connectivity index (χ1) is 4.66. The third-order valence-corrected chi connectivity index (χ3v) is 1.79. The molecule has 0 aliphatic carbocycles. The molecule has 10 heavy (non-hydrogen) atoms. The van der Waals surface area contributed by atoms with Crippen molar-refractivity contribution in [3.05, 3.63) is 0 Å². The molecule has 0 heterocycles. The van der Waals surface area contributed by atoms with Gasteiger partial charge in [-0.05, 0) is 18.3 Å². The van der Waals surface area contributed by atoms with Gasteiger partial charge >= 0.3 is 0 Å². The molecule has 62 valence electrons. The predicted molar refractivity (Wildman–Crippen MR) is 44.9 cm³/mol. The van der Waals surface area contributed by atoms with E-state index in [0.717, 1.165) is 5.92 Å². The first kappa shape index (κ1) is 9.96. The summed E-state index contributed by atoms with van der Waals surface area (Å²) in [4.78, 5) is 0. The minimum atomic E-state index is 0.345. The Bertz CT molecular complexity index is 69.1. The van der Waals surface area contributed by atoms with Crippen LogP contribution < -0.4 is 0 Å². The molecule has 1 N–H and O–H groups in total. The molecule has 1 heteroatoms. The molecule has 0 unspecified atom stereocenters. The van der Waals surface area contributed by atoms with Crippen LogP contribution >= 0.6 is 0 Å². The van der Waals surface area contributed by atoms with Crippen molar-refractivity contribution in [3.63, 3.8) is 0 Å². The molecular weight excluding hydrogens is 124 g/mol. The van der Waals surface area contributed by atoms with Gasteiger partial charge < -0.3 is 5.11 Å². The van der Waals surface area contributed by atoms with E-state index < -0.39 is 0 Å². The highest BCUT2D eigenvalue weighted by atomic mass is 16.3. The van der Waals surface area contributed by atoms with Crippen molar-refractivity contribution in [2.75, 3.05) is 6.61 Å². The minimum Gasteiger partial charge on any atom is -0.396 e. The van der Waals surface area contributed by atoms with Gasteiger partial charge in [0.1, 0.15) is 0 Å². The van der Waals surface area contributed by atoms with Gasteiger partial charge in [-0.15, -0.1) is 0 Å². The zero-order valence-corrected chi connectivity index (χ0v) is 7.43. The van der Waals surface area contributed by atoms with Crippen LogP contribution in [0.3, 0.4) is 0 Å². The maximum Gasteiger partial charge on any atom is 0.0456 e. The van der Waals surface area contributed by atoms with Gasteiger partial charge in [-0.1, -0.05) is 33.6 Å². The first-order valence-electron chi connectivity index (χ1n) is 4.27. The fourth-order valence-electron chi connectivity index (χ4n) is 0.966. The summed E-state index contributed by atoms with van der Waals surface area (Å²) >= 11 is 0. The lowest BCUT2D eigenvalue weighted by Crippen LogP contribution is -2.00. The molecule has 1 atom stereocenters. The fourth-order valence-corrected chi connectivity index (χ4v) is 0.966. The number of hydrogen-bond acceptors (Lipinski definition) is 1. The van der Waals surface area contributed by atoms with Crippen LogP contribution in [-0.4, -0.2) is 11.7 Å². The lowest BCUT2D eigenvalue weighted by Gasteiger charge is -2.08. The minimum absolute atomic E-state index is 0.345. The van der Waals surface area contributed by atoms with Crippen LogP contribution in [0.4, 0.5) is 0 Å². The lowest BCUT2D eigenvalue weighted by atomic mass is 10.0. The Labute approximate surface area is 64.5 Å². The van der Waals surface area contributed by atoms with E-state index in [1.54, 1.807) is 0 Å². The second kappa shape index (κ2) is 5.72. The summed E-state index contributed by atoms with van der Waals surface area (Å²) in [5, 5.41) is 8.70. The highest BCUT2D eigenvalue weighted by Gasteiger charge is 1.99. The quantitative estimate of drug-likeness (QED) is 0.628. The molecule has 0 aromatic carbocycles. The van der Waals surface area contributed by atoms with Gasteiger partial charge in [0.15, 0.2) is 0 Å². The molecule has 0 aliphatic rings. The number of aliphatic hydroxyl groups excluding tert-OH is 1. The van der Waals surface area contributed by atoms with Crippen LogP contribution in [0.25, 0.3) is 0 Å². The average molecular weight is 144 g/mol. The summed E-state index contributed by atoms with van der Waals surface area (Å²) < 4.78 is 0. The summed E-state index contributed by atoms with van der Waals surface area (Å²) in [5.41, 5.74) is 0. The van der Waals surface area contributed by atoms with E-state index in [4.69, 9.17) is 5.11 Å². The Hall–Kier alpha value is -0.0400. The van der Waals surface area contributed by atoms with E-state index in [9.17, 15) is 0 Å². The molecule has 0 radical (unpaired) electrons. The topological polar surface area (TPSA) is 20.2 Å². The van der Waals surface area contributed by atoms with Gasteiger partial charge in [0.25, 0.3) is 0 Å². The highest BCUT2D eigenvalue weighted by Crippen LogP contribution is 2.11. The summed E-state index contributed by atoms with van der Waals surface area (Å²) in [6, 6.07) is 0. The second-order valence-corrected chi connectivity index (χ2v) is 3.61. The summed E-state index contributed by atoms with van der Waals surface area (Å²) in [6.45, 7) is 6.92. The standard InChI is InChI=1S/C9H20O/c1-8(2)5-4-6-9(3)7-10/h8-10H,4-7H2,1-3H3/t9-/m0/s1. The van der Waals surface area contributed by atoms with Crippen molar-refractivity contribution >= 4 is 0 Å². The van der Waals surface area contributed by atoms with Crippen LogP contribution in [0.5, 0.6) is 0 Å². The monoisotopic (exact) mass is 144 g/mol.